The van der Waals surface area contributed by atoms with Crippen LogP contribution in [0.3, 0.4) is 0 Å². The van der Waals surface area contributed by atoms with Crippen LogP contribution in [0.1, 0.15) is 18.2 Å². The molecule has 1 aromatic heterocycles. The molecule has 0 fully saturated rings. The van der Waals surface area contributed by atoms with Crippen molar-refractivity contribution in [1.82, 2.24) is 4.98 Å². The fraction of sp³-hybridized carbons (Fsp3) is 0.267. The monoisotopic (exact) mass is 287 g/mol. The fourth-order valence-corrected chi connectivity index (χ4v) is 1.88. The van der Waals surface area contributed by atoms with Crippen molar-refractivity contribution in [2.45, 2.75) is 20.5 Å². The van der Waals surface area contributed by atoms with E-state index in [1.165, 1.54) is 6.07 Å². The van der Waals surface area contributed by atoms with E-state index < -0.39 is 4.92 Å². The molecule has 1 heterocycles. The Hall–Kier alpha value is -2.63. The van der Waals surface area contributed by atoms with Crippen molar-refractivity contribution in [2.24, 2.45) is 0 Å². The maximum absolute atomic E-state index is 11.0. The van der Waals surface area contributed by atoms with Gasteiger partial charge in [-0.3, -0.25) is 10.1 Å². The Morgan fingerprint density at radius 1 is 1.33 bits per heavy atom. The molecule has 0 aliphatic rings. The van der Waals surface area contributed by atoms with E-state index in [0.29, 0.717) is 5.69 Å². The Kier molecular flexibility index (Phi) is 4.71. The van der Waals surface area contributed by atoms with Crippen molar-refractivity contribution < 1.29 is 9.66 Å². The predicted molar refractivity (Wildman–Crippen MR) is 80.6 cm³/mol. The van der Waals surface area contributed by atoms with Gasteiger partial charge in [-0.15, -0.1) is 0 Å². The van der Waals surface area contributed by atoms with Gasteiger partial charge in [0.1, 0.15) is 12.4 Å². The van der Waals surface area contributed by atoms with Crippen LogP contribution < -0.4 is 10.1 Å². The maximum atomic E-state index is 11.0. The minimum absolute atomic E-state index is 0.0298. The summed E-state index contributed by atoms with van der Waals surface area (Å²) in [5.41, 5.74) is 1.50. The average molecular weight is 287 g/mol. The van der Waals surface area contributed by atoms with Gasteiger partial charge in [0.2, 0.25) is 0 Å². The number of benzene rings is 1. The standard InChI is InChI=1S/C15H17N3O3/c1-3-16-15-6-4-5-12(17-15)10-21-14-8-7-11(2)9-13(14)18(19)20/h4-9H,3,10H2,1-2H3,(H,16,17). The smallest absolute Gasteiger partial charge is 0.311 e. The molecular formula is C15H17N3O3. The van der Waals surface area contributed by atoms with Crippen molar-refractivity contribution in [3.05, 3.63) is 57.8 Å². The number of nitrogens with one attached hydrogen (secondary N) is 1. The summed E-state index contributed by atoms with van der Waals surface area (Å²) in [6.45, 7) is 4.75. The lowest BCUT2D eigenvalue weighted by Crippen LogP contribution is -2.04. The van der Waals surface area contributed by atoms with Crippen LogP contribution in [-0.4, -0.2) is 16.5 Å². The summed E-state index contributed by atoms with van der Waals surface area (Å²) in [5.74, 6) is 1.01. The van der Waals surface area contributed by atoms with E-state index in [4.69, 9.17) is 4.74 Å². The second-order valence-electron chi connectivity index (χ2n) is 4.56. The Morgan fingerprint density at radius 3 is 2.86 bits per heavy atom. The number of rotatable bonds is 6. The van der Waals surface area contributed by atoms with Crippen LogP contribution in [0, 0.1) is 17.0 Å². The molecule has 6 nitrogen and oxygen atoms in total. The number of nitrogens with zero attached hydrogens (tertiary/aromatic N) is 2. The molecule has 0 radical (unpaired) electrons. The summed E-state index contributed by atoms with van der Waals surface area (Å²) >= 11 is 0. The van der Waals surface area contributed by atoms with Crippen molar-refractivity contribution in [3.8, 4) is 5.75 Å². The highest BCUT2D eigenvalue weighted by molar-refractivity contribution is 5.48. The molecule has 0 atom stereocenters. The topological polar surface area (TPSA) is 77.3 Å². The normalized spacial score (nSPS) is 10.2. The van der Waals surface area contributed by atoms with E-state index in [0.717, 1.165) is 17.9 Å². The number of ether oxygens (including phenoxy) is 1. The number of pyridine rings is 1. The first-order valence-electron chi connectivity index (χ1n) is 6.68. The second kappa shape index (κ2) is 6.69. The average Bonchev–Trinajstić information content (AvgIpc) is 2.46. The molecule has 0 amide bonds. The molecule has 0 saturated heterocycles. The lowest BCUT2D eigenvalue weighted by molar-refractivity contribution is -0.386. The molecule has 2 rings (SSSR count). The molecule has 1 N–H and O–H groups in total. The number of anilines is 1. The number of aromatic nitrogens is 1. The van der Waals surface area contributed by atoms with E-state index in [1.54, 1.807) is 19.1 Å². The summed E-state index contributed by atoms with van der Waals surface area (Å²) < 4.78 is 5.54. The Bertz CT molecular complexity index is 644. The number of nitro benzene ring substituents is 1. The van der Waals surface area contributed by atoms with Crippen molar-refractivity contribution in [3.63, 3.8) is 0 Å². The van der Waals surface area contributed by atoms with Crippen molar-refractivity contribution in [1.29, 1.82) is 0 Å². The minimum Gasteiger partial charge on any atom is -0.480 e. The van der Waals surface area contributed by atoms with Gasteiger partial charge in [-0.2, -0.15) is 0 Å². The molecule has 0 aliphatic heterocycles. The van der Waals surface area contributed by atoms with Gasteiger partial charge >= 0.3 is 5.69 Å². The molecule has 21 heavy (non-hydrogen) atoms. The highest BCUT2D eigenvalue weighted by Crippen LogP contribution is 2.28. The van der Waals surface area contributed by atoms with E-state index in [1.807, 2.05) is 25.1 Å². The van der Waals surface area contributed by atoms with Gasteiger partial charge in [-0.05, 0) is 37.6 Å². The molecule has 110 valence electrons. The van der Waals surface area contributed by atoms with Gasteiger partial charge in [0.05, 0.1) is 10.6 Å². The third-order valence-electron chi connectivity index (χ3n) is 2.85. The van der Waals surface area contributed by atoms with Gasteiger partial charge in [-0.1, -0.05) is 12.1 Å². The van der Waals surface area contributed by atoms with E-state index >= 15 is 0 Å². The number of hydrogen-bond donors (Lipinski definition) is 1. The van der Waals surface area contributed by atoms with E-state index in [-0.39, 0.29) is 18.0 Å². The van der Waals surface area contributed by atoms with Crippen LogP contribution in [0.5, 0.6) is 5.75 Å². The van der Waals surface area contributed by atoms with Crippen LogP contribution in [0.15, 0.2) is 36.4 Å². The van der Waals surface area contributed by atoms with Gasteiger partial charge in [-0.25, -0.2) is 4.98 Å². The van der Waals surface area contributed by atoms with Gasteiger partial charge in [0, 0.05) is 12.6 Å². The van der Waals surface area contributed by atoms with E-state index in [9.17, 15) is 10.1 Å². The molecule has 0 aliphatic carbocycles. The summed E-state index contributed by atoms with van der Waals surface area (Å²) in [5, 5.41) is 14.1. The summed E-state index contributed by atoms with van der Waals surface area (Å²) in [6, 6.07) is 10.4. The van der Waals surface area contributed by atoms with Crippen LogP contribution in [-0.2, 0) is 6.61 Å². The second-order valence-corrected chi connectivity index (χ2v) is 4.56. The highest BCUT2D eigenvalue weighted by Gasteiger charge is 2.15. The quantitative estimate of drug-likeness (QED) is 0.651. The highest BCUT2D eigenvalue weighted by atomic mass is 16.6. The fourth-order valence-electron chi connectivity index (χ4n) is 1.88. The van der Waals surface area contributed by atoms with Gasteiger partial charge in [0.25, 0.3) is 0 Å². The van der Waals surface area contributed by atoms with Crippen molar-refractivity contribution >= 4 is 11.5 Å². The first-order chi connectivity index (χ1) is 10.1. The molecule has 1 aromatic carbocycles. The van der Waals surface area contributed by atoms with Gasteiger partial charge < -0.3 is 10.1 Å². The zero-order valence-corrected chi connectivity index (χ0v) is 12.0. The third kappa shape index (κ3) is 3.92. The van der Waals surface area contributed by atoms with E-state index in [2.05, 4.69) is 10.3 Å². The Labute approximate surface area is 122 Å². The first-order valence-corrected chi connectivity index (χ1v) is 6.68. The number of nitro groups is 1. The largest absolute Gasteiger partial charge is 0.480 e. The molecule has 0 spiro atoms. The first kappa shape index (κ1) is 14.8. The van der Waals surface area contributed by atoms with Crippen LogP contribution >= 0.6 is 0 Å². The molecule has 2 aromatic rings. The zero-order chi connectivity index (χ0) is 15.2. The molecule has 0 bridgehead atoms. The molecule has 0 unspecified atom stereocenters. The molecular weight excluding hydrogens is 270 g/mol. The van der Waals surface area contributed by atoms with Crippen LogP contribution in [0.25, 0.3) is 0 Å². The SMILES string of the molecule is CCNc1cccc(COc2ccc(C)cc2[N+](=O)[O-])n1. The Morgan fingerprint density at radius 2 is 2.14 bits per heavy atom. The Balaban J connectivity index is 2.13. The number of hydrogen-bond acceptors (Lipinski definition) is 5. The molecule has 6 heteroatoms. The molecule has 0 saturated carbocycles. The lowest BCUT2D eigenvalue weighted by Gasteiger charge is -2.08. The van der Waals surface area contributed by atoms with Crippen LogP contribution in [0.4, 0.5) is 11.5 Å². The summed E-state index contributed by atoms with van der Waals surface area (Å²) in [4.78, 5) is 14.9. The van der Waals surface area contributed by atoms with Gasteiger partial charge in [0.15, 0.2) is 5.75 Å². The predicted octanol–water partition coefficient (Wildman–Crippen LogP) is 3.31. The minimum atomic E-state index is -0.440. The maximum Gasteiger partial charge on any atom is 0.311 e. The number of aryl methyl sites for hydroxylation is 1. The third-order valence-corrected chi connectivity index (χ3v) is 2.85. The lowest BCUT2D eigenvalue weighted by atomic mass is 10.2. The summed E-state index contributed by atoms with van der Waals surface area (Å²) in [7, 11) is 0. The van der Waals surface area contributed by atoms with Crippen LogP contribution in [0.2, 0.25) is 0 Å². The zero-order valence-electron chi connectivity index (χ0n) is 12.0. The summed E-state index contributed by atoms with van der Waals surface area (Å²) in [6.07, 6.45) is 0. The van der Waals surface area contributed by atoms with Crippen molar-refractivity contribution in [2.75, 3.05) is 11.9 Å².